The quantitative estimate of drug-likeness (QED) is 0.740. The standard InChI is InChI=1S/C11H21N3OS/c1-9(12-6-5-7-14(2)3)10-8-11(15-4)13-16-10/h8-9,12H,5-7H2,1-4H3. The second-order valence-electron chi connectivity index (χ2n) is 4.10. The van der Waals surface area contributed by atoms with Crippen molar-refractivity contribution in [3.8, 4) is 5.88 Å². The summed E-state index contributed by atoms with van der Waals surface area (Å²) in [5, 5.41) is 3.48. The van der Waals surface area contributed by atoms with E-state index in [-0.39, 0.29) is 0 Å². The van der Waals surface area contributed by atoms with E-state index in [1.54, 1.807) is 7.11 Å². The summed E-state index contributed by atoms with van der Waals surface area (Å²) in [6.45, 7) is 4.30. The Balaban J connectivity index is 2.26. The molecule has 1 atom stereocenters. The zero-order chi connectivity index (χ0) is 12.0. The highest BCUT2D eigenvalue weighted by atomic mass is 32.1. The zero-order valence-corrected chi connectivity index (χ0v) is 11.3. The maximum atomic E-state index is 5.07. The second-order valence-corrected chi connectivity index (χ2v) is 4.94. The molecule has 5 heteroatoms. The molecule has 0 fully saturated rings. The van der Waals surface area contributed by atoms with Gasteiger partial charge in [0.15, 0.2) is 0 Å². The van der Waals surface area contributed by atoms with Crippen molar-refractivity contribution in [3.63, 3.8) is 0 Å². The first-order valence-electron chi connectivity index (χ1n) is 5.52. The third-order valence-electron chi connectivity index (χ3n) is 2.38. The van der Waals surface area contributed by atoms with E-state index in [4.69, 9.17) is 4.74 Å². The van der Waals surface area contributed by atoms with E-state index in [2.05, 4.69) is 35.6 Å². The average Bonchev–Trinajstić information content (AvgIpc) is 2.72. The fourth-order valence-corrected chi connectivity index (χ4v) is 2.10. The van der Waals surface area contributed by atoms with Gasteiger partial charge >= 0.3 is 0 Å². The van der Waals surface area contributed by atoms with E-state index in [0.717, 1.165) is 19.5 Å². The van der Waals surface area contributed by atoms with Crippen LogP contribution >= 0.6 is 11.5 Å². The van der Waals surface area contributed by atoms with Crippen LogP contribution in [-0.4, -0.2) is 43.6 Å². The molecule has 1 N–H and O–H groups in total. The fraction of sp³-hybridized carbons (Fsp3) is 0.727. The molecule has 0 aliphatic heterocycles. The van der Waals surface area contributed by atoms with Gasteiger partial charge in [0.2, 0.25) is 5.88 Å². The van der Waals surface area contributed by atoms with Gasteiger partial charge < -0.3 is 15.0 Å². The molecule has 0 aromatic carbocycles. The van der Waals surface area contributed by atoms with E-state index >= 15 is 0 Å². The number of nitrogens with one attached hydrogen (secondary N) is 1. The van der Waals surface area contributed by atoms with Gasteiger partial charge in [0.05, 0.1) is 7.11 Å². The van der Waals surface area contributed by atoms with Crippen LogP contribution in [0.5, 0.6) is 5.88 Å². The summed E-state index contributed by atoms with van der Waals surface area (Å²) in [7, 11) is 5.84. The molecule has 0 bridgehead atoms. The van der Waals surface area contributed by atoms with Gasteiger partial charge in [0, 0.05) is 17.0 Å². The van der Waals surface area contributed by atoms with E-state index in [0.29, 0.717) is 11.9 Å². The van der Waals surface area contributed by atoms with E-state index in [1.807, 2.05) is 6.07 Å². The molecule has 0 spiro atoms. The number of methoxy groups -OCH3 is 1. The van der Waals surface area contributed by atoms with E-state index < -0.39 is 0 Å². The highest BCUT2D eigenvalue weighted by molar-refractivity contribution is 7.06. The van der Waals surface area contributed by atoms with Crippen molar-refractivity contribution >= 4 is 11.5 Å². The number of hydrogen-bond acceptors (Lipinski definition) is 5. The molecule has 1 unspecified atom stereocenters. The Morgan fingerprint density at radius 2 is 2.31 bits per heavy atom. The smallest absolute Gasteiger partial charge is 0.225 e. The van der Waals surface area contributed by atoms with E-state index in [9.17, 15) is 0 Å². The Morgan fingerprint density at radius 3 is 2.88 bits per heavy atom. The third kappa shape index (κ3) is 4.47. The highest BCUT2D eigenvalue weighted by Gasteiger charge is 2.09. The van der Waals surface area contributed by atoms with Crippen LogP contribution in [0.4, 0.5) is 0 Å². The first-order chi connectivity index (χ1) is 7.63. The van der Waals surface area contributed by atoms with Crippen molar-refractivity contribution in [2.75, 3.05) is 34.3 Å². The molecule has 1 heterocycles. The molecule has 0 aliphatic carbocycles. The van der Waals surface area contributed by atoms with Gasteiger partial charge in [-0.05, 0) is 52.1 Å². The van der Waals surface area contributed by atoms with Crippen LogP contribution in [-0.2, 0) is 0 Å². The molecule has 0 saturated heterocycles. The van der Waals surface area contributed by atoms with Crippen LogP contribution in [0.3, 0.4) is 0 Å². The maximum Gasteiger partial charge on any atom is 0.225 e. The molecule has 0 amide bonds. The van der Waals surface area contributed by atoms with E-state index in [1.165, 1.54) is 16.4 Å². The number of aromatic nitrogens is 1. The summed E-state index contributed by atoms with van der Waals surface area (Å²) in [6.07, 6.45) is 1.16. The van der Waals surface area contributed by atoms with Crippen LogP contribution < -0.4 is 10.1 Å². The summed E-state index contributed by atoms with van der Waals surface area (Å²) in [5.74, 6) is 0.710. The molecular formula is C11H21N3OS. The number of rotatable bonds is 7. The van der Waals surface area contributed by atoms with Crippen molar-refractivity contribution in [2.24, 2.45) is 0 Å². The molecule has 1 rings (SSSR count). The largest absolute Gasteiger partial charge is 0.480 e. The average molecular weight is 243 g/mol. The maximum absolute atomic E-state index is 5.07. The zero-order valence-electron chi connectivity index (χ0n) is 10.5. The van der Waals surface area contributed by atoms with Crippen molar-refractivity contribution in [1.29, 1.82) is 0 Å². The van der Waals surface area contributed by atoms with Gasteiger partial charge in [-0.2, -0.15) is 4.37 Å². The van der Waals surface area contributed by atoms with Crippen molar-refractivity contribution < 1.29 is 4.74 Å². The first kappa shape index (κ1) is 13.4. The van der Waals surface area contributed by atoms with Crippen molar-refractivity contribution in [2.45, 2.75) is 19.4 Å². The summed E-state index contributed by atoms with van der Waals surface area (Å²) < 4.78 is 9.25. The Hall–Kier alpha value is -0.650. The molecule has 92 valence electrons. The summed E-state index contributed by atoms with van der Waals surface area (Å²) >= 11 is 1.50. The lowest BCUT2D eigenvalue weighted by atomic mass is 10.2. The molecule has 1 aromatic rings. The molecule has 0 aliphatic rings. The number of ether oxygens (including phenoxy) is 1. The monoisotopic (exact) mass is 243 g/mol. The van der Waals surface area contributed by atoms with Crippen LogP contribution in [0, 0.1) is 0 Å². The normalized spacial score (nSPS) is 13.1. The van der Waals surface area contributed by atoms with Crippen LogP contribution in [0.1, 0.15) is 24.3 Å². The third-order valence-corrected chi connectivity index (χ3v) is 3.33. The molecule has 1 aromatic heterocycles. The number of hydrogen-bond donors (Lipinski definition) is 1. The SMILES string of the molecule is COc1cc(C(C)NCCCN(C)C)sn1. The van der Waals surface area contributed by atoms with Crippen LogP contribution in [0.2, 0.25) is 0 Å². The Labute approximate surface area is 102 Å². The van der Waals surface area contributed by atoms with Gasteiger partial charge in [0.1, 0.15) is 0 Å². The second kappa shape index (κ2) is 6.83. The molecule has 4 nitrogen and oxygen atoms in total. The molecule has 0 radical (unpaired) electrons. The van der Waals surface area contributed by atoms with Gasteiger partial charge in [-0.1, -0.05) is 0 Å². The summed E-state index contributed by atoms with van der Waals surface area (Å²) in [4.78, 5) is 3.42. The predicted molar refractivity (Wildman–Crippen MR) is 68.3 cm³/mol. The molecule has 0 saturated carbocycles. The van der Waals surface area contributed by atoms with Gasteiger partial charge in [0.25, 0.3) is 0 Å². The highest BCUT2D eigenvalue weighted by Crippen LogP contribution is 2.22. The summed E-state index contributed by atoms with van der Waals surface area (Å²) in [6, 6.07) is 2.34. The Bertz CT molecular complexity index is 301. The molecule has 16 heavy (non-hydrogen) atoms. The lowest BCUT2D eigenvalue weighted by Gasteiger charge is -2.13. The Morgan fingerprint density at radius 1 is 1.56 bits per heavy atom. The van der Waals surface area contributed by atoms with Crippen LogP contribution in [0.25, 0.3) is 0 Å². The minimum absolute atomic E-state index is 0.351. The predicted octanol–water partition coefficient (Wildman–Crippen LogP) is 1.75. The molecular weight excluding hydrogens is 222 g/mol. The van der Waals surface area contributed by atoms with Crippen molar-refractivity contribution in [1.82, 2.24) is 14.6 Å². The van der Waals surface area contributed by atoms with Crippen molar-refractivity contribution in [3.05, 3.63) is 10.9 Å². The lowest BCUT2D eigenvalue weighted by molar-refractivity contribution is 0.389. The van der Waals surface area contributed by atoms with Gasteiger partial charge in [-0.3, -0.25) is 0 Å². The number of nitrogens with zero attached hydrogens (tertiary/aromatic N) is 2. The van der Waals surface area contributed by atoms with Gasteiger partial charge in [-0.25, -0.2) is 0 Å². The minimum Gasteiger partial charge on any atom is -0.480 e. The summed E-state index contributed by atoms with van der Waals surface area (Å²) in [5.41, 5.74) is 0. The Kier molecular flexibility index (Phi) is 5.73. The fourth-order valence-electron chi connectivity index (χ4n) is 1.39. The topological polar surface area (TPSA) is 37.4 Å². The lowest BCUT2D eigenvalue weighted by Crippen LogP contribution is -2.23. The van der Waals surface area contributed by atoms with Gasteiger partial charge in [-0.15, -0.1) is 0 Å². The minimum atomic E-state index is 0.351. The first-order valence-corrected chi connectivity index (χ1v) is 6.29. The van der Waals surface area contributed by atoms with Crippen LogP contribution in [0.15, 0.2) is 6.07 Å².